The van der Waals surface area contributed by atoms with Crippen LogP contribution in [0.2, 0.25) is 0 Å². The number of rotatable bonds is 5. The quantitative estimate of drug-likeness (QED) is 0.590. The Hall–Kier alpha value is -0.640. The van der Waals surface area contributed by atoms with Crippen LogP contribution in [-0.4, -0.2) is 30.2 Å². The zero-order valence-electron chi connectivity index (χ0n) is 13.6. The molecule has 0 spiro atoms. The van der Waals surface area contributed by atoms with Crippen molar-refractivity contribution in [2.45, 2.75) is 54.9 Å². The molecular formula is C14H34N2OS. The number of carbonyl (C=O) groups excluding carboxylic acids is 1. The minimum atomic E-state index is 0.139. The Bertz CT molecular complexity index is 162. The summed E-state index contributed by atoms with van der Waals surface area (Å²) in [7, 11) is 1.81. The SMILES string of the molecule is CC.CC.CCC.CN/C=C\N(CS)CC(C)=O. The van der Waals surface area contributed by atoms with Crippen LogP contribution in [0.15, 0.2) is 12.4 Å². The van der Waals surface area contributed by atoms with Gasteiger partial charge >= 0.3 is 0 Å². The van der Waals surface area contributed by atoms with E-state index in [9.17, 15) is 4.79 Å². The second-order valence-electron chi connectivity index (χ2n) is 2.90. The molecule has 0 aromatic carbocycles. The molecule has 0 aromatic rings. The predicted octanol–water partition coefficient (Wildman–Crippen LogP) is 3.92. The van der Waals surface area contributed by atoms with E-state index in [4.69, 9.17) is 0 Å². The molecular weight excluding hydrogens is 244 g/mol. The monoisotopic (exact) mass is 278 g/mol. The number of carbonyl (C=O) groups is 1. The molecule has 0 fully saturated rings. The van der Waals surface area contributed by atoms with Crippen LogP contribution < -0.4 is 5.32 Å². The van der Waals surface area contributed by atoms with E-state index in [0.717, 1.165) is 0 Å². The Morgan fingerprint density at radius 2 is 1.61 bits per heavy atom. The molecule has 0 aliphatic carbocycles. The van der Waals surface area contributed by atoms with E-state index in [0.29, 0.717) is 12.4 Å². The maximum absolute atomic E-state index is 10.6. The van der Waals surface area contributed by atoms with Crippen molar-refractivity contribution in [3.63, 3.8) is 0 Å². The first kappa shape index (κ1) is 26.0. The fraction of sp³-hybridized carbons (Fsp3) is 0.786. The summed E-state index contributed by atoms with van der Waals surface area (Å²) >= 11 is 4.06. The molecule has 1 N–H and O–H groups in total. The average molecular weight is 279 g/mol. The number of thiol groups is 1. The Kier molecular flexibility index (Phi) is 43.3. The minimum absolute atomic E-state index is 0.139. The molecule has 0 aromatic heterocycles. The van der Waals surface area contributed by atoms with Crippen LogP contribution >= 0.6 is 12.6 Å². The fourth-order valence-corrected chi connectivity index (χ4v) is 0.810. The first-order valence-corrected chi connectivity index (χ1v) is 7.43. The zero-order chi connectivity index (χ0) is 15.4. The van der Waals surface area contributed by atoms with E-state index in [2.05, 4.69) is 31.8 Å². The molecule has 0 saturated carbocycles. The van der Waals surface area contributed by atoms with Crippen LogP contribution in [0.1, 0.15) is 54.9 Å². The van der Waals surface area contributed by atoms with E-state index in [1.165, 1.54) is 6.42 Å². The lowest BCUT2D eigenvalue weighted by molar-refractivity contribution is -0.117. The van der Waals surface area contributed by atoms with Gasteiger partial charge in [-0.15, -0.1) is 0 Å². The average Bonchev–Trinajstić information content (AvgIpc) is 2.39. The fourth-order valence-electron chi connectivity index (χ4n) is 0.616. The van der Waals surface area contributed by atoms with Crippen LogP contribution in [-0.2, 0) is 4.79 Å². The Labute approximate surface area is 120 Å². The second-order valence-corrected chi connectivity index (χ2v) is 3.18. The molecule has 3 nitrogen and oxygen atoms in total. The molecule has 0 bridgehead atoms. The van der Waals surface area contributed by atoms with Crippen LogP contribution in [0.4, 0.5) is 0 Å². The third-order valence-electron chi connectivity index (χ3n) is 1.06. The molecule has 112 valence electrons. The minimum Gasteiger partial charge on any atom is -0.393 e. The van der Waals surface area contributed by atoms with E-state index in [1.54, 1.807) is 26.4 Å². The van der Waals surface area contributed by atoms with Crippen molar-refractivity contribution in [1.29, 1.82) is 0 Å². The summed E-state index contributed by atoms with van der Waals surface area (Å²) in [4.78, 5) is 12.5. The highest BCUT2D eigenvalue weighted by atomic mass is 32.1. The normalized spacial score (nSPS) is 7.83. The molecule has 0 unspecified atom stereocenters. The number of hydrogen-bond acceptors (Lipinski definition) is 4. The molecule has 0 saturated heterocycles. The Balaban J connectivity index is -0.000000118. The maximum atomic E-state index is 10.6. The second kappa shape index (κ2) is 29.9. The van der Waals surface area contributed by atoms with E-state index in [1.807, 2.05) is 32.6 Å². The molecule has 0 atom stereocenters. The lowest BCUT2D eigenvalue weighted by atomic mass is 10.4. The number of ketones is 1. The van der Waals surface area contributed by atoms with Crippen molar-refractivity contribution >= 4 is 18.4 Å². The first-order chi connectivity index (χ1) is 8.62. The zero-order valence-corrected chi connectivity index (χ0v) is 14.5. The van der Waals surface area contributed by atoms with Crippen LogP contribution in [0, 0.1) is 0 Å². The van der Waals surface area contributed by atoms with Crippen molar-refractivity contribution in [3.8, 4) is 0 Å². The van der Waals surface area contributed by atoms with E-state index < -0.39 is 0 Å². The van der Waals surface area contributed by atoms with E-state index >= 15 is 0 Å². The lowest BCUT2D eigenvalue weighted by Gasteiger charge is -2.14. The summed E-state index contributed by atoms with van der Waals surface area (Å²) in [5.41, 5.74) is 0. The van der Waals surface area contributed by atoms with Gasteiger partial charge in [0.1, 0.15) is 5.78 Å². The standard InChI is InChI=1S/C7H14N2OS.C3H8.2C2H6/c1-7(10)5-9(6-11)4-3-8-2;1-3-2;2*1-2/h3-4,8,11H,5-6H2,1-2H3;3H2,1-2H3;2*1-2H3/b4-3-;;;. The highest BCUT2D eigenvalue weighted by molar-refractivity contribution is 7.80. The maximum Gasteiger partial charge on any atom is 0.149 e. The summed E-state index contributed by atoms with van der Waals surface area (Å²) < 4.78 is 0. The molecule has 0 rings (SSSR count). The van der Waals surface area contributed by atoms with Crippen molar-refractivity contribution < 1.29 is 4.79 Å². The van der Waals surface area contributed by atoms with Crippen molar-refractivity contribution in [3.05, 3.63) is 12.4 Å². The smallest absolute Gasteiger partial charge is 0.149 e. The summed E-state index contributed by atoms with van der Waals surface area (Å²) in [6.45, 7) is 14.2. The summed E-state index contributed by atoms with van der Waals surface area (Å²) in [5, 5.41) is 2.84. The van der Waals surface area contributed by atoms with Crippen LogP contribution in [0.25, 0.3) is 0 Å². The predicted molar refractivity (Wildman–Crippen MR) is 88.1 cm³/mol. The van der Waals surface area contributed by atoms with Crippen LogP contribution in [0.3, 0.4) is 0 Å². The summed E-state index contributed by atoms with van der Waals surface area (Å²) in [6, 6.07) is 0. The van der Waals surface area contributed by atoms with Gasteiger partial charge in [0, 0.05) is 19.4 Å². The number of Topliss-reactive ketones (excluding diaryl/α,β-unsaturated/α-hetero) is 1. The topological polar surface area (TPSA) is 32.3 Å². The first-order valence-electron chi connectivity index (χ1n) is 6.80. The molecule has 0 heterocycles. The summed E-state index contributed by atoms with van der Waals surface area (Å²) in [5.74, 6) is 0.692. The molecule has 0 aliphatic heterocycles. The highest BCUT2D eigenvalue weighted by Gasteiger charge is 1.98. The van der Waals surface area contributed by atoms with Gasteiger partial charge in [-0.1, -0.05) is 48.0 Å². The van der Waals surface area contributed by atoms with Gasteiger partial charge in [0.25, 0.3) is 0 Å². The van der Waals surface area contributed by atoms with Gasteiger partial charge in [-0.05, 0) is 6.92 Å². The van der Waals surface area contributed by atoms with E-state index in [-0.39, 0.29) is 5.78 Å². The molecule has 0 radical (unpaired) electrons. The number of hydrogen-bond donors (Lipinski definition) is 2. The highest BCUT2D eigenvalue weighted by Crippen LogP contribution is 1.91. The molecule has 0 amide bonds. The largest absolute Gasteiger partial charge is 0.393 e. The Morgan fingerprint density at radius 1 is 1.22 bits per heavy atom. The lowest BCUT2D eigenvalue weighted by Crippen LogP contribution is -2.22. The van der Waals surface area contributed by atoms with Crippen molar-refractivity contribution in [1.82, 2.24) is 10.2 Å². The third-order valence-corrected chi connectivity index (χ3v) is 1.42. The number of nitrogens with one attached hydrogen (secondary N) is 1. The van der Waals surface area contributed by atoms with Gasteiger partial charge in [0.15, 0.2) is 0 Å². The Morgan fingerprint density at radius 3 is 1.83 bits per heavy atom. The molecule has 18 heavy (non-hydrogen) atoms. The van der Waals surface area contributed by atoms with Crippen LogP contribution in [0.5, 0.6) is 0 Å². The van der Waals surface area contributed by atoms with Crippen molar-refractivity contribution in [2.75, 3.05) is 19.5 Å². The number of nitrogens with zero attached hydrogens (tertiary/aromatic N) is 1. The summed E-state index contributed by atoms with van der Waals surface area (Å²) in [6.07, 6.45) is 4.81. The van der Waals surface area contributed by atoms with Gasteiger partial charge in [-0.25, -0.2) is 0 Å². The molecule has 0 aliphatic rings. The molecule has 4 heteroatoms. The van der Waals surface area contributed by atoms with Gasteiger partial charge in [0.2, 0.25) is 0 Å². The van der Waals surface area contributed by atoms with Gasteiger partial charge in [-0.3, -0.25) is 4.79 Å². The van der Waals surface area contributed by atoms with Gasteiger partial charge in [0.05, 0.1) is 12.4 Å². The van der Waals surface area contributed by atoms with Crippen molar-refractivity contribution in [2.24, 2.45) is 0 Å². The van der Waals surface area contributed by atoms with Gasteiger partial charge in [-0.2, -0.15) is 12.6 Å². The third kappa shape index (κ3) is 36.2. The van der Waals surface area contributed by atoms with Gasteiger partial charge < -0.3 is 10.2 Å².